The van der Waals surface area contributed by atoms with Gasteiger partial charge in [0, 0.05) is 12.8 Å². The van der Waals surface area contributed by atoms with Gasteiger partial charge in [-0.2, -0.15) is 0 Å². The zero-order chi connectivity index (χ0) is 11.6. The molecule has 0 radical (unpaired) electrons. The first-order valence-corrected chi connectivity index (χ1v) is 6.79. The smallest absolute Gasteiger partial charge is 0.163 e. The van der Waals surface area contributed by atoms with Gasteiger partial charge in [-0.15, -0.1) is 0 Å². The van der Waals surface area contributed by atoms with Crippen molar-refractivity contribution in [3.8, 4) is 0 Å². The number of nitrogens with zero attached hydrogens (tertiary/aromatic N) is 2. The molecule has 2 heterocycles. The summed E-state index contributed by atoms with van der Waals surface area (Å²) in [5.41, 5.74) is 0. The molecule has 0 amide bonds. The topological polar surface area (TPSA) is 3.01 Å². The number of allylic oxidation sites excluding steroid dienone is 1. The van der Waals surface area contributed by atoms with Gasteiger partial charge in [-0.25, -0.2) is 4.58 Å². The first-order chi connectivity index (χ1) is 7.69. The summed E-state index contributed by atoms with van der Waals surface area (Å²) in [4.78, 5) is 0. The molecule has 16 heavy (non-hydrogen) atoms. The molecule has 0 saturated carbocycles. The number of hydrogen-bond donors (Lipinski definition) is 0. The van der Waals surface area contributed by atoms with E-state index in [9.17, 15) is 0 Å². The SMILES string of the molecule is CC[N+]1=CC=C[C@H](C2CCC[N+]2(C)CC)C1. The lowest BCUT2D eigenvalue weighted by molar-refractivity contribution is -0.923. The second kappa shape index (κ2) is 4.70. The van der Waals surface area contributed by atoms with Gasteiger partial charge < -0.3 is 4.48 Å². The van der Waals surface area contributed by atoms with E-state index in [0.29, 0.717) is 0 Å². The molecule has 2 rings (SSSR count). The first kappa shape index (κ1) is 11.8. The highest BCUT2D eigenvalue weighted by Crippen LogP contribution is 2.31. The normalized spacial score (nSPS) is 38.8. The highest BCUT2D eigenvalue weighted by atomic mass is 15.4. The van der Waals surface area contributed by atoms with Gasteiger partial charge in [0.05, 0.1) is 26.1 Å². The van der Waals surface area contributed by atoms with E-state index < -0.39 is 0 Å². The molecule has 0 aromatic carbocycles. The van der Waals surface area contributed by atoms with Crippen LogP contribution in [0.5, 0.6) is 0 Å². The molecule has 3 atom stereocenters. The lowest BCUT2D eigenvalue weighted by Gasteiger charge is -2.38. The third kappa shape index (κ3) is 2.08. The van der Waals surface area contributed by atoms with Gasteiger partial charge in [0.15, 0.2) is 12.8 Å². The van der Waals surface area contributed by atoms with E-state index >= 15 is 0 Å². The Kier molecular flexibility index (Phi) is 3.48. The van der Waals surface area contributed by atoms with Crippen molar-refractivity contribution in [3.63, 3.8) is 0 Å². The van der Waals surface area contributed by atoms with E-state index in [1.165, 1.54) is 37.0 Å². The molecule has 0 spiro atoms. The number of hydrogen-bond acceptors (Lipinski definition) is 0. The molecule has 0 aromatic heterocycles. The summed E-state index contributed by atoms with van der Waals surface area (Å²) in [6.45, 7) is 9.62. The number of likely N-dealkylation sites (tertiary alicyclic amines) is 1. The van der Waals surface area contributed by atoms with E-state index in [-0.39, 0.29) is 0 Å². The molecule has 1 saturated heterocycles. The zero-order valence-corrected chi connectivity index (χ0v) is 11.0. The van der Waals surface area contributed by atoms with Crippen LogP contribution in [-0.4, -0.2) is 54.5 Å². The van der Waals surface area contributed by atoms with Gasteiger partial charge in [-0.05, 0) is 19.9 Å². The summed E-state index contributed by atoms with van der Waals surface area (Å²) in [6.07, 6.45) is 9.76. The third-order valence-corrected chi connectivity index (χ3v) is 4.69. The summed E-state index contributed by atoms with van der Waals surface area (Å²) in [5.74, 6) is 0.761. The maximum atomic E-state index is 2.45. The van der Waals surface area contributed by atoms with Crippen LogP contribution in [0.15, 0.2) is 12.2 Å². The Morgan fingerprint density at radius 1 is 1.38 bits per heavy atom. The molecule has 0 aliphatic carbocycles. The fourth-order valence-electron chi connectivity index (χ4n) is 3.40. The largest absolute Gasteiger partial charge is 0.323 e. The highest BCUT2D eigenvalue weighted by Gasteiger charge is 2.42. The van der Waals surface area contributed by atoms with Crippen LogP contribution in [0.3, 0.4) is 0 Å². The van der Waals surface area contributed by atoms with E-state index in [4.69, 9.17) is 0 Å². The van der Waals surface area contributed by atoms with Crippen molar-refractivity contribution in [2.45, 2.75) is 32.7 Å². The molecule has 2 heteroatoms. The van der Waals surface area contributed by atoms with Crippen LogP contribution in [0.2, 0.25) is 0 Å². The lowest BCUT2D eigenvalue weighted by atomic mass is 9.94. The summed E-state index contributed by atoms with van der Waals surface area (Å²) in [7, 11) is 2.44. The Bertz CT molecular complexity index is 306. The van der Waals surface area contributed by atoms with Gasteiger partial charge >= 0.3 is 0 Å². The number of quaternary nitrogens is 1. The summed E-state index contributed by atoms with van der Waals surface area (Å²) in [5, 5.41) is 0. The van der Waals surface area contributed by atoms with E-state index in [0.717, 1.165) is 18.5 Å². The van der Waals surface area contributed by atoms with Gasteiger partial charge in [0.1, 0.15) is 12.6 Å². The summed E-state index contributed by atoms with van der Waals surface area (Å²) >= 11 is 0. The summed E-state index contributed by atoms with van der Waals surface area (Å²) < 4.78 is 3.73. The van der Waals surface area contributed by atoms with Crippen molar-refractivity contribution in [3.05, 3.63) is 12.2 Å². The molecule has 0 bridgehead atoms. The zero-order valence-electron chi connectivity index (χ0n) is 11.0. The predicted octanol–water partition coefficient (Wildman–Crippen LogP) is 1.90. The van der Waals surface area contributed by atoms with Crippen LogP contribution in [0.4, 0.5) is 0 Å². The third-order valence-electron chi connectivity index (χ3n) is 4.69. The summed E-state index contributed by atoms with van der Waals surface area (Å²) in [6, 6.07) is 0.851. The molecule has 2 aliphatic rings. The molecule has 0 N–H and O–H groups in total. The van der Waals surface area contributed by atoms with E-state index in [2.05, 4.69) is 43.8 Å². The van der Waals surface area contributed by atoms with E-state index in [1.807, 2.05) is 0 Å². The number of rotatable bonds is 3. The first-order valence-electron chi connectivity index (χ1n) is 6.79. The molecule has 90 valence electrons. The fourth-order valence-corrected chi connectivity index (χ4v) is 3.40. The van der Waals surface area contributed by atoms with Gasteiger partial charge in [0.25, 0.3) is 0 Å². The minimum absolute atomic E-state index is 0.761. The Hall–Kier alpha value is -0.630. The second-order valence-corrected chi connectivity index (χ2v) is 5.51. The van der Waals surface area contributed by atoms with Crippen molar-refractivity contribution in [1.29, 1.82) is 0 Å². The molecule has 1 fully saturated rings. The van der Waals surface area contributed by atoms with Crippen molar-refractivity contribution >= 4 is 6.21 Å². The van der Waals surface area contributed by atoms with Crippen molar-refractivity contribution in [2.24, 2.45) is 5.92 Å². The maximum Gasteiger partial charge on any atom is 0.163 e. The highest BCUT2D eigenvalue weighted by molar-refractivity contribution is 5.66. The van der Waals surface area contributed by atoms with Crippen LogP contribution in [0.1, 0.15) is 26.7 Å². The Morgan fingerprint density at radius 3 is 2.88 bits per heavy atom. The van der Waals surface area contributed by atoms with Crippen LogP contribution < -0.4 is 0 Å². The molecule has 2 aliphatic heterocycles. The van der Waals surface area contributed by atoms with Crippen LogP contribution in [0.25, 0.3) is 0 Å². The van der Waals surface area contributed by atoms with Crippen molar-refractivity contribution in [2.75, 3.05) is 33.2 Å². The lowest BCUT2D eigenvalue weighted by Crippen LogP contribution is -2.52. The van der Waals surface area contributed by atoms with Gasteiger partial charge in [-0.1, -0.05) is 6.08 Å². The molecular formula is C14H26N2+2. The van der Waals surface area contributed by atoms with Gasteiger partial charge in [0.2, 0.25) is 0 Å². The Balaban J connectivity index is 2.09. The van der Waals surface area contributed by atoms with Crippen molar-refractivity contribution in [1.82, 2.24) is 0 Å². The maximum absolute atomic E-state index is 2.45. The van der Waals surface area contributed by atoms with Crippen LogP contribution in [-0.2, 0) is 0 Å². The Labute approximate surface area is 99.9 Å². The van der Waals surface area contributed by atoms with Crippen LogP contribution in [0, 0.1) is 5.92 Å². The second-order valence-electron chi connectivity index (χ2n) is 5.51. The van der Waals surface area contributed by atoms with Gasteiger partial charge in [-0.3, -0.25) is 0 Å². The van der Waals surface area contributed by atoms with Crippen LogP contribution >= 0.6 is 0 Å². The minimum atomic E-state index is 0.761. The fraction of sp³-hybridized carbons (Fsp3) is 0.786. The predicted molar refractivity (Wildman–Crippen MR) is 69.0 cm³/mol. The minimum Gasteiger partial charge on any atom is -0.323 e. The monoisotopic (exact) mass is 222 g/mol. The average molecular weight is 222 g/mol. The molecule has 0 aromatic rings. The Morgan fingerprint density at radius 2 is 2.19 bits per heavy atom. The molecule has 2 nitrogen and oxygen atoms in total. The van der Waals surface area contributed by atoms with Crippen molar-refractivity contribution < 1.29 is 9.06 Å². The molecular weight excluding hydrogens is 196 g/mol. The quantitative estimate of drug-likeness (QED) is 0.507. The molecule has 2 unspecified atom stereocenters. The van der Waals surface area contributed by atoms with E-state index in [1.54, 1.807) is 0 Å². The average Bonchev–Trinajstić information content (AvgIpc) is 2.72. The standard InChI is InChI=1S/C14H26N2/c1-4-15-10-6-8-13(12-15)14-9-7-11-16(14,3)5-2/h6,8,10,13-14H,4-5,7,9,11-12H2,1-3H3/q+2/t13-,14?,16?/m0/s1.